The lowest BCUT2D eigenvalue weighted by Crippen LogP contribution is -2.60. The van der Waals surface area contributed by atoms with E-state index in [0.29, 0.717) is 17.9 Å². The maximum Gasteiger partial charge on any atom is 0.408 e. The average molecular weight is 369 g/mol. The number of nitrogens with zero attached hydrogens (tertiary/aromatic N) is 2. The first-order valence-electron chi connectivity index (χ1n) is 8.52. The van der Waals surface area contributed by atoms with Crippen LogP contribution >= 0.6 is 0 Å². The number of fused-ring (bicyclic) bond motifs is 1. The summed E-state index contributed by atoms with van der Waals surface area (Å²) < 4.78 is 46.9. The van der Waals surface area contributed by atoms with E-state index < -0.39 is 30.1 Å². The van der Waals surface area contributed by atoms with E-state index in [4.69, 9.17) is 4.74 Å². The molecule has 2 aliphatic heterocycles. The molecule has 1 N–H and O–H groups in total. The minimum Gasteiger partial charge on any atom is -0.444 e. The first-order valence-corrected chi connectivity index (χ1v) is 8.52. The molecule has 26 heavy (non-hydrogen) atoms. The molecule has 2 aliphatic rings. The largest absolute Gasteiger partial charge is 0.444 e. The second-order valence-corrected chi connectivity index (χ2v) is 7.63. The van der Waals surface area contributed by atoms with Gasteiger partial charge in [-0.2, -0.15) is 0 Å². The monoisotopic (exact) mass is 369 g/mol. The minimum atomic E-state index is -3.04. The van der Waals surface area contributed by atoms with Gasteiger partial charge in [0, 0.05) is 25.9 Å². The molecule has 1 aromatic carbocycles. The van der Waals surface area contributed by atoms with Crippen LogP contribution in [0.15, 0.2) is 23.2 Å². The van der Waals surface area contributed by atoms with Gasteiger partial charge in [0.05, 0.1) is 5.69 Å². The van der Waals surface area contributed by atoms with Gasteiger partial charge in [-0.05, 0) is 44.5 Å². The fourth-order valence-electron chi connectivity index (χ4n) is 3.08. The first kappa shape index (κ1) is 18.5. The van der Waals surface area contributed by atoms with E-state index in [-0.39, 0.29) is 18.9 Å². The van der Waals surface area contributed by atoms with Gasteiger partial charge in [0.1, 0.15) is 23.3 Å². The molecule has 0 spiro atoms. The predicted octanol–water partition coefficient (Wildman–Crippen LogP) is 3.65. The van der Waals surface area contributed by atoms with Crippen molar-refractivity contribution in [2.24, 2.45) is 4.99 Å². The normalized spacial score (nSPS) is 21.8. The minimum absolute atomic E-state index is 0.0818. The molecule has 0 radical (unpaired) electrons. The lowest BCUT2D eigenvalue weighted by Gasteiger charge is -2.39. The van der Waals surface area contributed by atoms with Crippen LogP contribution in [0.25, 0.3) is 0 Å². The smallest absolute Gasteiger partial charge is 0.408 e. The van der Waals surface area contributed by atoms with Crippen LogP contribution in [-0.2, 0) is 11.2 Å². The summed E-state index contributed by atoms with van der Waals surface area (Å²) in [6, 6.07) is 2.92. The van der Waals surface area contributed by atoms with Crippen molar-refractivity contribution in [3.05, 3.63) is 29.6 Å². The Bertz CT molecular complexity index is 744. The predicted molar refractivity (Wildman–Crippen MR) is 91.5 cm³/mol. The van der Waals surface area contributed by atoms with E-state index in [9.17, 15) is 18.0 Å². The molecule has 8 heteroatoms. The van der Waals surface area contributed by atoms with Crippen molar-refractivity contribution < 1.29 is 22.7 Å². The van der Waals surface area contributed by atoms with Crippen LogP contribution in [0, 0.1) is 5.82 Å². The number of halogens is 3. The number of hydrogen-bond acceptors (Lipinski definition) is 4. The number of alkyl carbamates (subject to hydrolysis) is 1. The molecule has 1 fully saturated rings. The summed E-state index contributed by atoms with van der Waals surface area (Å²) in [6.45, 7) is 5.04. The lowest BCUT2D eigenvalue weighted by molar-refractivity contribution is -0.0741. The summed E-state index contributed by atoms with van der Waals surface area (Å²) in [6.07, 6.45) is -0.891. The van der Waals surface area contributed by atoms with Gasteiger partial charge in [-0.15, -0.1) is 0 Å². The van der Waals surface area contributed by atoms with Gasteiger partial charge in [0.15, 0.2) is 0 Å². The molecule has 1 atom stereocenters. The van der Waals surface area contributed by atoms with Gasteiger partial charge in [-0.1, -0.05) is 0 Å². The summed E-state index contributed by atoms with van der Waals surface area (Å²) in [5.41, 5.74) is 0.610. The number of nitrogens with one attached hydrogen (secondary N) is 1. The van der Waals surface area contributed by atoms with Gasteiger partial charge in [-0.25, -0.2) is 23.0 Å². The summed E-state index contributed by atoms with van der Waals surface area (Å²) in [5.74, 6) is -2.78. The Labute approximate surface area is 150 Å². The maximum atomic E-state index is 14.3. The topological polar surface area (TPSA) is 53.9 Å². The number of ether oxygens (including phenoxy) is 1. The van der Waals surface area contributed by atoms with E-state index in [1.165, 1.54) is 12.1 Å². The van der Waals surface area contributed by atoms with Crippen molar-refractivity contribution in [3.8, 4) is 0 Å². The van der Waals surface area contributed by atoms with Crippen LogP contribution in [0.1, 0.15) is 32.8 Å². The van der Waals surface area contributed by atoms with Gasteiger partial charge >= 0.3 is 6.09 Å². The molecular formula is C18H22F3N3O2. The fourth-order valence-corrected chi connectivity index (χ4v) is 3.08. The second-order valence-electron chi connectivity index (χ2n) is 7.63. The Hall–Kier alpha value is -2.25. The van der Waals surface area contributed by atoms with Crippen molar-refractivity contribution >= 4 is 17.6 Å². The number of carbonyl (C=O) groups is 1. The van der Waals surface area contributed by atoms with Crippen molar-refractivity contribution in [1.29, 1.82) is 0 Å². The van der Waals surface area contributed by atoms with E-state index in [1.54, 1.807) is 31.7 Å². The number of alkyl halides is 2. The summed E-state index contributed by atoms with van der Waals surface area (Å²) in [4.78, 5) is 18.0. The average Bonchev–Trinajstić information content (AvgIpc) is 2.90. The molecule has 1 aromatic rings. The molecular weight excluding hydrogens is 347 g/mol. The van der Waals surface area contributed by atoms with Crippen molar-refractivity contribution in [2.45, 2.75) is 51.2 Å². The first-order chi connectivity index (χ1) is 12.0. The highest BCUT2D eigenvalue weighted by molar-refractivity contribution is 5.92. The Morgan fingerprint density at radius 2 is 2.12 bits per heavy atom. The molecule has 2 heterocycles. The molecule has 0 saturated carbocycles. The van der Waals surface area contributed by atoms with Crippen LogP contribution < -0.4 is 5.32 Å². The van der Waals surface area contributed by atoms with Crippen LogP contribution in [0.3, 0.4) is 0 Å². The van der Waals surface area contributed by atoms with Crippen LogP contribution in [0.4, 0.5) is 23.7 Å². The number of hydrogen-bond donors (Lipinski definition) is 1. The highest BCUT2D eigenvalue weighted by Crippen LogP contribution is 2.33. The molecule has 1 saturated heterocycles. The van der Waals surface area contributed by atoms with Crippen molar-refractivity contribution in [1.82, 2.24) is 10.2 Å². The highest BCUT2D eigenvalue weighted by Gasteiger charge is 2.46. The summed E-state index contributed by atoms with van der Waals surface area (Å²) in [5, 5.41) is 2.28. The highest BCUT2D eigenvalue weighted by atomic mass is 19.3. The molecule has 0 bridgehead atoms. The zero-order valence-corrected chi connectivity index (χ0v) is 15.0. The molecule has 3 rings (SSSR count). The number of rotatable bonds is 1. The van der Waals surface area contributed by atoms with Crippen LogP contribution in [0.5, 0.6) is 0 Å². The van der Waals surface area contributed by atoms with E-state index in [2.05, 4.69) is 10.3 Å². The Morgan fingerprint density at radius 1 is 1.38 bits per heavy atom. The van der Waals surface area contributed by atoms with E-state index in [1.807, 2.05) is 0 Å². The quantitative estimate of drug-likeness (QED) is 0.822. The molecule has 1 amide bonds. The molecule has 0 unspecified atom stereocenters. The van der Waals surface area contributed by atoms with Gasteiger partial charge < -0.3 is 15.0 Å². The summed E-state index contributed by atoms with van der Waals surface area (Å²) in [7, 11) is 0. The lowest BCUT2D eigenvalue weighted by atomic mass is 10.0. The third-order valence-electron chi connectivity index (χ3n) is 4.32. The molecule has 142 valence electrons. The number of carbonyl (C=O) groups excluding carboxylic acids is 1. The Kier molecular flexibility index (Phi) is 4.62. The third-order valence-corrected chi connectivity index (χ3v) is 4.32. The van der Waals surface area contributed by atoms with E-state index in [0.717, 1.165) is 5.56 Å². The Morgan fingerprint density at radius 3 is 2.81 bits per heavy atom. The SMILES string of the molecule is CC(C)(C)OC(=O)N[C@@H]1CN(C2=Nc3ccc(F)cc3C2)CCC1(F)F. The number of aliphatic imine (C=N–C) groups is 1. The van der Waals surface area contributed by atoms with Crippen LogP contribution in [0.2, 0.25) is 0 Å². The van der Waals surface area contributed by atoms with Crippen LogP contribution in [-0.4, -0.2) is 47.5 Å². The van der Waals surface area contributed by atoms with E-state index >= 15 is 0 Å². The third kappa shape index (κ3) is 4.11. The number of piperidine rings is 1. The van der Waals surface area contributed by atoms with Crippen molar-refractivity contribution in [2.75, 3.05) is 13.1 Å². The molecule has 0 aromatic heterocycles. The zero-order chi connectivity index (χ0) is 19.1. The molecule has 0 aliphatic carbocycles. The fraction of sp³-hybridized carbons (Fsp3) is 0.556. The number of likely N-dealkylation sites (tertiary alicyclic amines) is 1. The number of amides is 1. The number of amidine groups is 1. The van der Waals surface area contributed by atoms with Gasteiger partial charge in [0.25, 0.3) is 5.92 Å². The van der Waals surface area contributed by atoms with Gasteiger partial charge in [-0.3, -0.25) is 0 Å². The summed E-state index contributed by atoms with van der Waals surface area (Å²) >= 11 is 0. The zero-order valence-electron chi connectivity index (χ0n) is 15.0. The standard InChI is InChI=1S/C18H22F3N3O2/c1-17(2,3)26-16(25)23-14-10-24(7-6-18(14,20)21)15-9-11-8-12(19)4-5-13(11)22-15/h4-5,8,14H,6-7,9-10H2,1-3H3,(H,23,25)/t14-/m1/s1. The molecule has 5 nitrogen and oxygen atoms in total. The number of benzene rings is 1. The van der Waals surface area contributed by atoms with Gasteiger partial charge in [0.2, 0.25) is 0 Å². The second kappa shape index (κ2) is 6.48. The van der Waals surface area contributed by atoms with Crippen molar-refractivity contribution in [3.63, 3.8) is 0 Å². The maximum absolute atomic E-state index is 14.3. The Balaban J connectivity index is 1.69.